The number of hydrogen-bond donors (Lipinski definition) is 1. The van der Waals surface area contributed by atoms with Crippen LogP contribution in [0.5, 0.6) is 17.2 Å². The number of nitrogens with one attached hydrogen (secondary N) is 1. The van der Waals surface area contributed by atoms with Crippen molar-refractivity contribution < 1.29 is 22.6 Å². The highest BCUT2D eigenvalue weighted by Gasteiger charge is 2.32. The maximum absolute atomic E-state index is 13.9. The fourth-order valence-electron chi connectivity index (χ4n) is 3.96. The summed E-state index contributed by atoms with van der Waals surface area (Å²) in [6.45, 7) is 2.42. The van der Waals surface area contributed by atoms with Gasteiger partial charge in [0.2, 0.25) is 15.6 Å². The zero-order valence-electron chi connectivity index (χ0n) is 17.3. The predicted octanol–water partition coefficient (Wildman–Crippen LogP) is 4.45. The van der Waals surface area contributed by atoms with Gasteiger partial charge in [0, 0.05) is 17.8 Å². The van der Waals surface area contributed by atoms with Crippen LogP contribution in [-0.4, -0.2) is 29.7 Å². The summed E-state index contributed by atoms with van der Waals surface area (Å²) in [6, 6.07) is 14.6. The predicted molar refractivity (Wildman–Crippen MR) is 115 cm³/mol. The van der Waals surface area contributed by atoms with Gasteiger partial charge in [-0.15, -0.1) is 0 Å². The van der Waals surface area contributed by atoms with Crippen LogP contribution >= 0.6 is 0 Å². The van der Waals surface area contributed by atoms with Gasteiger partial charge in [0.05, 0.1) is 26.2 Å². The molecule has 0 spiro atoms. The molecular formula is C23H23NO5S. The number of methoxy groups -OCH3 is 3. The van der Waals surface area contributed by atoms with Crippen molar-refractivity contribution in [3.63, 3.8) is 0 Å². The van der Waals surface area contributed by atoms with E-state index in [1.54, 1.807) is 25.1 Å². The molecule has 1 heterocycles. The molecule has 0 aliphatic carbocycles. The van der Waals surface area contributed by atoms with Gasteiger partial charge in [0.15, 0.2) is 11.5 Å². The quantitative estimate of drug-likeness (QED) is 0.651. The van der Waals surface area contributed by atoms with E-state index in [4.69, 9.17) is 14.2 Å². The Morgan fingerprint density at radius 1 is 0.833 bits per heavy atom. The molecule has 4 rings (SSSR count). The summed E-state index contributed by atoms with van der Waals surface area (Å²) in [5.74, 6) is 0.812. The molecule has 30 heavy (non-hydrogen) atoms. The molecular weight excluding hydrogens is 402 g/mol. The standard InChI is InChI=1S/C23H23NO5S/c1-14-12-19(22(28-3)23(29-4)21(14)27-2)30(25,26)18-11-7-10-17-20(18)16-9-6-5-8-15(16)13-24-17/h5-12,24H,13H2,1-4H3. The maximum Gasteiger partial charge on any atom is 0.211 e. The molecule has 3 aromatic rings. The highest BCUT2D eigenvalue weighted by Crippen LogP contribution is 2.48. The molecule has 0 bridgehead atoms. The summed E-state index contributed by atoms with van der Waals surface area (Å²) >= 11 is 0. The van der Waals surface area contributed by atoms with Crippen molar-refractivity contribution in [1.29, 1.82) is 0 Å². The van der Waals surface area contributed by atoms with Gasteiger partial charge in [-0.05, 0) is 41.8 Å². The van der Waals surface area contributed by atoms with Crippen LogP contribution < -0.4 is 19.5 Å². The molecule has 0 atom stereocenters. The Labute approximate surface area is 176 Å². The van der Waals surface area contributed by atoms with E-state index in [2.05, 4.69) is 5.32 Å². The maximum atomic E-state index is 13.9. The molecule has 0 unspecified atom stereocenters. The normalized spacial score (nSPS) is 12.4. The van der Waals surface area contributed by atoms with Crippen molar-refractivity contribution in [3.8, 4) is 28.4 Å². The molecule has 1 N–H and O–H groups in total. The molecule has 6 nitrogen and oxygen atoms in total. The van der Waals surface area contributed by atoms with E-state index >= 15 is 0 Å². The van der Waals surface area contributed by atoms with Gasteiger partial charge in [-0.2, -0.15) is 0 Å². The Morgan fingerprint density at radius 3 is 2.23 bits per heavy atom. The Kier molecular flexibility index (Phi) is 5.07. The lowest BCUT2D eigenvalue weighted by atomic mass is 9.95. The van der Waals surface area contributed by atoms with Gasteiger partial charge in [-0.25, -0.2) is 8.42 Å². The van der Waals surface area contributed by atoms with Gasteiger partial charge in [-0.3, -0.25) is 0 Å². The number of benzene rings is 3. The Bertz CT molecular complexity index is 1230. The number of anilines is 1. The van der Waals surface area contributed by atoms with E-state index in [1.807, 2.05) is 30.3 Å². The second-order valence-electron chi connectivity index (χ2n) is 6.98. The number of aryl methyl sites for hydroxylation is 1. The first-order valence-corrected chi connectivity index (χ1v) is 10.9. The minimum absolute atomic E-state index is 0.0385. The van der Waals surface area contributed by atoms with E-state index in [1.165, 1.54) is 21.3 Å². The van der Waals surface area contributed by atoms with Crippen LogP contribution in [0.3, 0.4) is 0 Å². The lowest BCUT2D eigenvalue weighted by molar-refractivity contribution is 0.317. The third-order valence-corrected chi connectivity index (χ3v) is 7.12. The average molecular weight is 426 g/mol. The second-order valence-corrected chi connectivity index (χ2v) is 8.87. The van der Waals surface area contributed by atoms with Crippen LogP contribution in [0.2, 0.25) is 0 Å². The minimum Gasteiger partial charge on any atom is -0.492 e. The highest BCUT2D eigenvalue weighted by atomic mass is 32.2. The van der Waals surface area contributed by atoms with E-state index < -0.39 is 9.84 Å². The first kappa shape index (κ1) is 20.1. The third kappa shape index (κ3) is 2.97. The second kappa shape index (κ2) is 7.57. The van der Waals surface area contributed by atoms with Gasteiger partial charge in [-0.1, -0.05) is 30.3 Å². The largest absolute Gasteiger partial charge is 0.492 e. The fourth-order valence-corrected chi connectivity index (χ4v) is 5.70. The summed E-state index contributed by atoms with van der Waals surface area (Å²) in [5.41, 5.74) is 4.03. The Balaban J connectivity index is 2.02. The Hall–Kier alpha value is -3.19. The van der Waals surface area contributed by atoms with Gasteiger partial charge >= 0.3 is 0 Å². The average Bonchev–Trinajstić information content (AvgIpc) is 2.77. The molecule has 0 radical (unpaired) electrons. The van der Waals surface area contributed by atoms with Crippen LogP contribution in [0, 0.1) is 6.92 Å². The molecule has 0 aromatic heterocycles. The lowest BCUT2D eigenvalue weighted by Crippen LogP contribution is -2.13. The molecule has 3 aromatic carbocycles. The van der Waals surface area contributed by atoms with Crippen LogP contribution in [0.25, 0.3) is 11.1 Å². The molecule has 0 saturated carbocycles. The third-order valence-electron chi connectivity index (χ3n) is 5.32. The highest BCUT2D eigenvalue weighted by molar-refractivity contribution is 7.91. The summed E-state index contributed by atoms with van der Waals surface area (Å²) in [4.78, 5) is 0.251. The molecule has 1 aliphatic heterocycles. The Morgan fingerprint density at radius 2 is 1.53 bits per heavy atom. The van der Waals surface area contributed by atoms with Crippen LogP contribution in [0.1, 0.15) is 11.1 Å². The lowest BCUT2D eigenvalue weighted by Gasteiger charge is -2.24. The van der Waals surface area contributed by atoms with Crippen LogP contribution in [-0.2, 0) is 16.4 Å². The van der Waals surface area contributed by atoms with E-state index in [0.29, 0.717) is 23.4 Å². The van der Waals surface area contributed by atoms with E-state index in [-0.39, 0.29) is 21.3 Å². The number of fused-ring (bicyclic) bond motifs is 3. The van der Waals surface area contributed by atoms with Gasteiger partial charge in [0.1, 0.15) is 4.90 Å². The van der Waals surface area contributed by atoms with E-state index in [0.717, 1.165) is 16.8 Å². The van der Waals surface area contributed by atoms with Crippen molar-refractivity contribution >= 4 is 15.5 Å². The SMILES string of the molecule is COc1c(C)cc(S(=O)(=O)c2cccc3c2-c2ccccc2CN3)c(OC)c1OC. The van der Waals surface area contributed by atoms with Crippen molar-refractivity contribution in [1.82, 2.24) is 0 Å². The molecule has 0 fully saturated rings. The van der Waals surface area contributed by atoms with Gasteiger partial charge < -0.3 is 19.5 Å². The van der Waals surface area contributed by atoms with Crippen LogP contribution in [0.4, 0.5) is 5.69 Å². The minimum atomic E-state index is -3.95. The summed E-state index contributed by atoms with van der Waals surface area (Å²) in [5, 5.41) is 3.32. The number of sulfone groups is 1. The zero-order valence-corrected chi connectivity index (χ0v) is 18.1. The zero-order chi connectivity index (χ0) is 21.5. The van der Waals surface area contributed by atoms with E-state index in [9.17, 15) is 8.42 Å². The fraction of sp³-hybridized carbons (Fsp3) is 0.217. The van der Waals surface area contributed by atoms with Crippen molar-refractivity contribution in [2.24, 2.45) is 0 Å². The van der Waals surface area contributed by atoms with Crippen molar-refractivity contribution in [2.75, 3.05) is 26.6 Å². The summed E-state index contributed by atoms with van der Waals surface area (Å²) in [6.07, 6.45) is 0. The van der Waals surface area contributed by atoms with Crippen LogP contribution in [0.15, 0.2) is 58.3 Å². The first-order chi connectivity index (χ1) is 14.4. The summed E-state index contributed by atoms with van der Waals surface area (Å²) < 4.78 is 44.2. The molecule has 0 saturated heterocycles. The monoisotopic (exact) mass is 425 g/mol. The van der Waals surface area contributed by atoms with Crippen molar-refractivity contribution in [3.05, 3.63) is 59.7 Å². The number of hydrogen-bond acceptors (Lipinski definition) is 6. The summed E-state index contributed by atoms with van der Waals surface area (Å²) in [7, 11) is 0.441. The number of rotatable bonds is 5. The first-order valence-electron chi connectivity index (χ1n) is 9.43. The van der Waals surface area contributed by atoms with Crippen molar-refractivity contribution in [2.45, 2.75) is 23.3 Å². The molecule has 1 aliphatic rings. The molecule has 0 amide bonds. The molecule has 156 valence electrons. The number of ether oxygens (including phenoxy) is 3. The van der Waals surface area contributed by atoms with Gasteiger partial charge in [0.25, 0.3) is 0 Å². The topological polar surface area (TPSA) is 73.9 Å². The smallest absolute Gasteiger partial charge is 0.211 e. The molecule has 7 heteroatoms.